The lowest BCUT2D eigenvalue weighted by atomic mass is 10.1. The van der Waals surface area contributed by atoms with Gasteiger partial charge in [0.1, 0.15) is 25.1 Å². The van der Waals surface area contributed by atoms with Crippen LogP contribution in [0.15, 0.2) is 35.4 Å². The van der Waals surface area contributed by atoms with E-state index in [1.165, 1.54) is 5.56 Å². The summed E-state index contributed by atoms with van der Waals surface area (Å²) in [5.41, 5.74) is 5.59. The van der Waals surface area contributed by atoms with Gasteiger partial charge in [-0.05, 0) is 64.8 Å². The van der Waals surface area contributed by atoms with Gasteiger partial charge in [-0.25, -0.2) is 0 Å². The minimum absolute atomic E-state index is 0.216. The molecule has 2 aromatic rings. The zero-order valence-electron chi connectivity index (χ0n) is 18.7. The van der Waals surface area contributed by atoms with E-state index in [0.29, 0.717) is 24.8 Å². The van der Waals surface area contributed by atoms with E-state index >= 15 is 0 Å². The van der Waals surface area contributed by atoms with E-state index in [4.69, 9.17) is 9.47 Å². The van der Waals surface area contributed by atoms with Gasteiger partial charge in [0.05, 0.1) is 0 Å². The number of hydrazone groups is 1. The zero-order valence-corrected chi connectivity index (χ0v) is 18.7. The molecule has 8 nitrogen and oxygen atoms in total. The normalized spacial score (nSPS) is 12.2. The Bertz CT molecular complexity index is 833. The van der Waals surface area contributed by atoms with Crippen molar-refractivity contribution in [1.82, 2.24) is 15.5 Å². The molecule has 0 amide bonds. The average molecular weight is 416 g/mol. The van der Waals surface area contributed by atoms with E-state index in [0.717, 1.165) is 17.0 Å². The van der Waals surface area contributed by atoms with Crippen LogP contribution in [-0.4, -0.2) is 52.4 Å². The molecular weight excluding hydrogens is 382 g/mol. The maximum atomic E-state index is 10.3. The molecule has 0 spiro atoms. The second-order valence-electron chi connectivity index (χ2n) is 8.14. The average Bonchev–Trinajstić information content (AvgIpc) is 2.71. The predicted molar refractivity (Wildman–Crippen MR) is 119 cm³/mol. The lowest BCUT2D eigenvalue weighted by molar-refractivity contribution is 0.0920. The number of hydrogen-bond donors (Lipinski definition) is 3. The highest BCUT2D eigenvalue weighted by Gasteiger charge is 2.20. The van der Waals surface area contributed by atoms with E-state index in [-0.39, 0.29) is 12.1 Å². The lowest BCUT2D eigenvalue weighted by Crippen LogP contribution is -2.48. The van der Waals surface area contributed by atoms with Crippen molar-refractivity contribution in [3.63, 3.8) is 0 Å². The Morgan fingerprint density at radius 2 is 1.90 bits per heavy atom. The van der Waals surface area contributed by atoms with Crippen molar-refractivity contribution in [3.8, 4) is 11.6 Å². The number of rotatable bonds is 11. The first kappa shape index (κ1) is 23.6. The lowest BCUT2D eigenvalue weighted by Gasteiger charge is -2.27. The number of aliphatic hydroxyl groups excluding tert-OH is 1. The van der Waals surface area contributed by atoms with E-state index in [9.17, 15) is 5.11 Å². The number of hydrogen-bond acceptors (Lipinski definition) is 8. The number of nitrogens with zero attached hydrogens (tertiary/aromatic N) is 3. The molecule has 0 aliphatic rings. The Morgan fingerprint density at radius 1 is 1.13 bits per heavy atom. The van der Waals surface area contributed by atoms with Crippen molar-refractivity contribution in [1.29, 1.82) is 0 Å². The molecule has 8 heteroatoms. The monoisotopic (exact) mass is 415 g/mol. The number of ether oxygens (including phenoxy) is 2. The molecule has 1 aromatic carbocycles. The predicted octanol–water partition coefficient (Wildman–Crippen LogP) is 3.09. The van der Waals surface area contributed by atoms with Crippen LogP contribution in [0.4, 0.5) is 5.82 Å². The first-order valence-corrected chi connectivity index (χ1v) is 10.0. The molecule has 164 valence electrons. The maximum Gasteiger partial charge on any atom is 0.233 e. The summed E-state index contributed by atoms with van der Waals surface area (Å²) in [6.07, 6.45) is -0.642. The minimum Gasteiger partial charge on any atom is -0.491 e. The van der Waals surface area contributed by atoms with E-state index in [1.807, 2.05) is 59.7 Å². The van der Waals surface area contributed by atoms with Crippen LogP contribution in [0, 0.1) is 13.8 Å². The molecule has 0 aliphatic carbocycles. The standard InChI is InChI=1S/C22H33N5O3/c1-15(2)24-25-20-10-11-21(27-26-20)30-14-22(5,6)23-12-18(28)13-29-19-9-7-8-16(3)17(19)4/h7-11,18,23,28H,12-14H2,1-6H3,(H,25,26). The first-order valence-electron chi connectivity index (χ1n) is 10.0. The molecule has 1 heterocycles. The van der Waals surface area contributed by atoms with E-state index in [2.05, 4.69) is 26.0 Å². The summed E-state index contributed by atoms with van der Waals surface area (Å²) in [4.78, 5) is 0. The maximum absolute atomic E-state index is 10.3. The fourth-order valence-electron chi connectivity index (χ4n) is 2.45. The third-order valence-corrected chi connectivity index (χ3v) is 4.42. The second-order valence-corrected chi connectivity index (χ2v) is 8.14. The van der Waals surface area contributed by atoms with Gasteiger partial charge in [-0.2, -0.15) is 5.10 Å². The van der Waals surface area contributed by atoms with Crippen LogP contribution >= 0.6 is 0 Å². The molecular formula is C22H33N5O3. The molecule has 1 unspecified atom stereocenters. The highest BCUT2D eigenvalue weighted by Crippen LogP contribution is 2.20. The number of aliphatic hydroxyl groups is 1. The zero-order chi connectivity index (χ0) is 22.1. The van der Waals surface area contributed by atoms with Crippen LogP contribution < -0.4 is 20.2 Å². The number of nitrogens with one attached hydrogen (secondary N) is 2. The number of aromatic nitrogens is 2. The number of anilines is 1. The van der Waals surface area contributed by atoms with Gasteiger partial charge in [0.15, 0.2) is 5.82 Å². The number of β-amino-alcohol motifs (C(OH)–C–C–N with tert-alkyl or cyclic N) is 1. The molecule has 2 rings (SSSR count). The van der Waals surface area contributed by atoms with Crippen LogP contribution in [0.3, 0.4) is 0 Å². The van der Waals surface area contributed by atoms with Crippen LogP contribution in [0.5, 0.6) is 11.6 Å². The van der Waals surface area contributed by atoms with E-state index in [1.54, 1.807) is 12.1 Å². The molecule has 0 saturated heterocycles. The SMILES string of the molecule is CC(C)=NNc1ccc(OCC(C)(C)NCC(O)COc2cccc(C)c2C)nn1. The number of aryl methyl sites for hydroxylation is 1. The molecule has 3 N–H and O–H groups in total. The summed E-state index contributed by atoms with van der Waals surface area (Å²) < 4.78 is 11.5. The summed E-state index contributed by atoms with van der Waals surface area (Å²) >= 11 is 0. The summed E-state index contributed by atoms with van der Waals surface area (Å²) in [6.45, 7) is 12.8. The fourth-order valence-corrected chi connectivity index (χ4v) is 2.45. The van der Waals surface area contributed by atoms with Gasteiger partial charge < -0.3 is 19.9 Å². The van der Waals surface area contributed by atoms with Crippen LogP contribution in [0.25, 0.3) is 0 Å². The van der Waals surface area contributed by atoms with Crippen LogP contribution in [0.1, 0.15) is 38.8 Å². The quantitative estimate of drug-likeness (QED) is 0.383. The van der Waals surface area contributed by atoms with Gasteiger partial charge in [-0.15, -0.1) is 10.2 Å². The highest BCUT2D eigenvalue weighted by molar-refractivity contribution is 5.79. The van der Waals surface area contributed by atoms with Crippen molar-refractivity contribution in [2.24, 2.45) is 5.10 Å². The van der Waals surface area contributed by atoms with Gasteiger partial charge in [0, 0.05) is 23.9 Å². The van der Waals surface area contributed by atoms with Crippen molar-refractivity contribution in [2.45, 2.75) is 53.2 Å². The Morgan fingerprint density at radius 3 is 2.57 bits per heavy atom. The van der Waals surface area contributed by atoms with Crippen molar-refractivity contribution in [3.05, 3.63) is 41.5 Å². The molecule has 0 radical (unpaired) electrons. The summed E-state index contributed by atoms with van der Waals surface area (Å²) in [5.74, 6) is 1.77. The molecule has 1 aromatic heterocycles. The smallest absolute Gasteiger partial charge is 0.233 e. The molecule has 0 saturated carbocycles. The highest BCUT2D eigenvalue weighted by atomic mass is 16.5. The van der Waals surface area contributed by atoms with Gasteiger partial charge in [0.2, 0.25) is 5.88 Å². The Kier molecular flexibility index (Phi) is 8.56. The molecule has 0 fully saturated rings. The van der Waals surface area contributed by atoms with Gasteiger partial charge in [-0.3, -0.25) is 5.43 Å². The summed E-state index contributed by atoms with van der Waals surface area (Å²) in [6, 6.07) is 9.39. The molecule has 0 aliphatic heterocycles. The van der Waals surface area contributed by atoms with Crippen molar-refractivity contribution >= 4 is 11.5 Å². The van der Waals surface area contributed by atoms with Crippen molar-refractivity contribution in [2.75, 3.05) is 25.2 Å². The largest absolute Gasteiger partial charge is 0.491 e. The minimum atomic E-state index is -0.642. The molecule has 0 bridgehead atoms. The van der Waals surface area contributed by atoms with Crippen molar-refractivity contribution < 1.29 is 14.6 Å². The van der Waals surface area contributed by atoms with Crippen LogP contribution in [0.2, 0.25) is 0 Å². The summed E-state index contributed by atoms with van der Waals surface area (Å²) in [5, 5.41) is 25.7. The van der Waals surface area contributed by atoms with Crippen LogP contribution in [-0.2, 0) is 0 Å². The van der Waals surface area contributed by atoms with Gasteiger partial charge in [0.25, 0.3) is 0 Å². The fraction of sp³-hybridized carbons (Fsp3) is 0.500. The Hall–Kier alpha value is -2.71. The second kappa shape index (κ2) is 10.9. The van der Waals surface area contributed by atoms with Gasteiger partial charge >= 0.3 is 0 Å². The molecule has 1 atom stereocenters. The Balaban J connectivity index is 1.75. The third kappa shape index (κ3) is 7.96. The first-order chi connectivity index (χ1) is 14.2. The van der Waals surface area contributed by atoms with Gasteiger partial charge in [-0.1, -0.05) is 12.1 Å². The van der Waals surface area contributed by atoms with E-state index < -0.39 is 6.10 Å². The molecule has 30 heavy (non-hydrogen) atoms. The third-order valence-electron chi connectivity index (χ3n) is 4.42. The topological polar surface area (TPSA) is 101 Å². The summed E-state index contributed by atoms with van der Waals surface area (Å²) in [7, 11) is 0. The number of benzene rings is 1. The Labute approximate surface area is 178 Å².